The fourth-order valence-electron chi connectivity index (χ4n) is 4.19. The molecule has 1 fully saturated rings. The van der Waals surface area contributed by atoms with Crippen molar-refractivity contribution in [2.45, 2.75) is 45.5 Å². The summed E-state index contributed by atoms with van der Waals surface area (Å²) < 4.78 is 11.6. The van der Waals surface area contributed by atoms with Gasteiger partial charge in [0.2, 0.25) is 0 Å². The number of hydrogen-bond acceptors (Lipinski definition) is 4. The van der Waals surface area contributed by atoms with Gasteiger partial charge >= 0.3 is 0 Å². The third-order valence-corrected chi connectivity index (χ3v) is 6.17. The fourth-order valence-corrected chi connectivity index (χ4v) is 4.19. The smallest absolute Gasteiger partial charge is 0.161 e. The van der Waals surface area contributed by atoms with Crippen molar-refractivity contribution in [1.82, 2.24) is 10.2 Å². The van der Waals surface area contributed by atoms with E-state index in [1.807, 2.05) is 6.07 Å². The van der Waals surface area contributed by atoms with E-state index in [0.717, 1.165) is 43.2 Å². The minimum atomic E-state index is 0.537. The van der Waals surface area contributed by atoms with Crippen molar-refractivity contribution < 1.29 is 9.47 Å². The second kappa shape index (κ2) is 11.2. The highest BCUT2D eigenvalue weighted by Gasteiger charge is 2.19. The van der Waals surface area contributed by atoms with E-state index in [4.69, 9.17) is 9.47 Å². The number of likely N-dealkylation sites (tertiary alicyclic amines) is 1. The van der Waals surface area contributed by atoms with Crippen LogP contribution in [0.15, 0.2) is 72.8 Å². The molecule has 1 heterocycles. The molecule has 0 aliphatic carbocycles. The molecule has 0 bridgehead atoms. The Kier molecular flexibility index (Phi) is 7.81. The first-order valence-corrected chi connectivity index (χ1v) is 11.5. The van der Waals surface area contributed by atoms with Crippen LogP contribution in [0.2, 0.25) is 0 Å². The van der Waals surface area contributed by atoms with Crippen LogP contribution in [-0.4, -0.2) is 31.1 Å². The maximum atomic E-state index is 6.01. The number of aryl methyl sites for hydroxylation is 1. The first-order chi connectivity index (χ1) is 15.7. The van der Waals surface area contributed by atoms with E-state index in [0.29, 0.717) is 12.6 Å². The first kappa shape index (κ1) is 22.4. The summed E-state index contributed by atoms with van der Waals surface area (Å²) in [5.74, 6) is 1.57. The molecule has 1 aliphatic heterocycles. The Labute approximate surface area is 192 Å². The molecule has 0 aromatic heterocycles. The number of hydrogen-bond donors (Lipinski definition) is 1. The Hall–Kier alpha value is -2.82. The van der Waals surface area contributed by atoms with Gasteiger partial charge in [-0.25, -0.2) is 0 Å². The molecule has 0 atom stereocenters. The highest BCUT2D eigenvalue weighted by Crippen LogP contribution is 2.29. The quantitative estimate of drug-likeness (QED) is 0.497. The van der Waals surface area contributed by atoms with Crippen LogP contribution in [-0.2, 0) is 19.7 Å². The third kappa shape index (κ3) is 6.35. The largest absolute Gasteiger partial charge is 0.493 e. The molecule has 0 unspecified atom stereocenters. The Morgan fingerprint density at radius 1 is 0.844 bits per heavy atom. The Bertz CT molecular complexity index is 964. The number of piperidine rings is 1. The van der Waals surface area contributed by atoms with Gasteiger partial charge in [0.05, 0.1) is 7.11 Å². The highest BCUT2D eigenvalue weighted by atomic mass is 16.5. The lowest BCUT2D eigenvalue weighted by atomic mass is 10.0. The average molecular weight is 431 g/mol. The van der Waals surface area contributed by atoms with Crippen LogP contribution in [0.4, 0.5) is 0 Å². The predicted molar refractivity (Wildman–Crippen MR) is 130 cm³/mol. The van der Waals surface area contributed by atoms with E-state index in [1.54, 1.807) is 7.11 Å². The number of nitrogens with one attached hydrogen (secondary N) is 1. The molecule has 0 spiro atoms. The van der Waals surface area contributed by atoms with Crippen LogP contribution in [0.1, 0.15) is 35.1 Å². The van der Waals surface area contributed by atoms with Crippen molar-refractivity contribution in [1.29, 1.82) is 0 Å². The predicted octanol–water partition coefficient (Wildman–Crippen LogP) is 5.34. The summed E-state index contributed by atoms with van der Waals surface area (Å²) in [6.07, 6.45) is 2.36. The summed E-state index contributed by atoms with van der Waals surface area (Å²) in [6.45, 7) is 6.81. The molecule has 4 heteroatoms. The Morgan fingerprint density at radius 3 is 2.28 bits per heavy atom. The second-order valence-corrected chi connectivity index (χ2v) is 8.68. The number of methoxy groups -OCH3 is 1. The summed E-state index contributed by atoms with van der Waals surface area (Å²) in [6, 6.07) is 26.0. The molecule has 0 radical (unpaired) electrons. The van der Waals surface area contributed by atoms with Gasteiger partial charge in [-0.15, -0.1) is 0 Å². The molecule has 4 nitrogen and oxygen atoms in total. The van der Waals surface area contributed by atoms with Crippen molar-refractivity contribution in [2.24, 2.45) is 0 Å². The zero-order valence-electron chi connectivity index (χ0n) is 19.2. The lowest BCUT2D eigenvalue weighted by Crippen LogP contribution is -2.41. The van der Waals surface area contributed by atoms with Gasteiger partial charge in [-0.1, -0.05) is 66.2 Å². The SMILES string of the molecule is COc1cc(CNC2CCN(Cc3ccccc3)CC2)ccc1OCc1ccc(C)cc1. The van der Waals surface area contributed by atoms with Gasteiger partial charge in [0.15, 0.2) is 11.5 Å². The Morgan fingerprint density at radius 2 is 1.56 bits per heavy atom. The molecule has 0 amide bonds. The topological polar surface area (TPSA) is 33.7 Å². The first-order valence-electron chi connectivity index (χ1n) is 11.5. The number of nitrogens with zero attached hydrogens (tertiary/aromatic N) is 1. The third-order valence-electron chi connectivity index (χ3n) is 6.17. The van der Waals surface area contributed by atoms with Crippen molar-refractivity contribution in [3.63, 3.8) is 0 Å². The molecular formula is C28H34N2O2. The summed E-state index contributed by atoms with van der Waals surface area (Å²) in [7, 11) is 1.70. The van der Waals surface area contributed by atoms with Crippen LogP contribution >= 0.6 is 0 Å². The van der Waals surface area contributed by atoms with Crippen LogP contribution in [0.3, 0.4) is 0 Å². The van der Waals surface area contributed by atoms with E-state index in [-0.39, 0.29) is 0 Å². The van der Waals surface area contributed by atoms with Gasteiger partial charge in [0.1, 0.15) is 6.61 Å². The van der Waals surface area contributed by atoms with Crippen LogP contribution in [0.25, 0.3) is 0 Å². The summed E-state index contributed by atoms with van der Waals surface area (Å²) in [5, 5.41) is 3.73. The average Bonchev–Trinajstić information content (AvgIpc) is 2.84. The molecule has 32 heavy (non-hydrogen) atoms. The van der Waals surface area contributed by atoms with Crippen molar-refractivity contribution in [2.75, 3.05) is 20.2 Å². The molecule has 1 saturated heterocycles. The molecule has 3 aromatic rings. The maximum absolute atomic E-state index is 6.01. The van der Waals surface area contributed by atoms with Gasteiger partial charge < -0.3 is 14.8 Å². The van der Waals surface area contributed by atoms with E-state index in [9.17, 15) is 0 Å². The molecule has 3 aromatic carbocycles. The van der Waals surface area contributed by atoms with Gasteiger partial charge in [-0.3, -0.25) is 4.90 Å². The van der Waals surface area contributed by atoms with E-state index >= 15 is 0 Å². The maximum Gasteiger partial charge on any atom is 0.161 e. The summed E-state index contributed by atoms with van der Waals surface area (Å²) in [4.78, 5) is 2.55. The highest BCUT2D eigenvalue weighted by molar-refractivity contribution is 5.43. The molecule has 1 N–H and O–H groups in total. The van der Waals surface area contributed by atoms with Gasteiger partial charge in [-0.2, -0.15) is 0 Å². The van der Waals surface area contributed by atoms with Gasteiger partial charge in [0, 0.05) is 19.1 Å². The number of rotatable bonds is 9. The van der Waals surface area contributed by atoms with E-state index in [2.05, 4.69) is 83.9 Å². The molecule has 168 valence electrons. The number of benzene rings is 3. The fraction of sp³-hybridized carbons (Fsp3) is 0.357. The number of ether oxygens (including phenoxy) is 2. The standard InChI is InChI=1S/C28H34N2O2/c1-22-8-10-24(11-9-22)21-32-27-13-12-25(18-28(27)31-2)19-29-26-14-16-30(17-15-26)20-23-6-4-3-5-7-23/h3-13,18,26,29H,14-17,19-21H2,1-2H3. The van der Waals surface area contributed by atoms with E-state index < -0.39 is 0 Å². The zero-order valence-corrected chi connectivity index (χ0v) is 19.2. The molecule has 0 saturated carbocycles. The van der Waals surface area contributed by atoms with Gasteiger partial charge in [0.25, 0.3) is 0 Å². The summed E-state index contributed by atoms with van der Waals surface area (Å²) >= 11 is 0. The van der Waals surface area contributed by atoms with Gasteiger partial charge in [-0.05, 0) is 61.7 Å². The molecule has 1 aliphatic rings. The van der Waals surface area contributed by atoms with Crippen LogP contribution in [0.5, 0.6) is 11.5 Å². The summed E-state index contributed by atoms with van der Waals surface area (Å²) in [5.41, 5.74) is 5.03. The van der Waals surface area contributed by atoms with E-state index in [1.165, 1.54) is 29.5 Å². The van der Waals surface area contributed by atoms with Crippen LogP contribution in [0, 0.1) is 6.92 Å². The molecular weight excluding hydrogens is 396 g/mol. The minimum absolute atomic E-state index is 0.537. The lowest BCUT2D eigenvalue weighted by molar-refractivity contribution is 0.190. The zero-order chi connectivity index (χ0) is 22.2. The molecule has 4 rings (SSSR count). The van der Waals surface area contributed by atoms with Crippen molar-refractivity contribution in [3.05, 3.63) is 95.1 Å². The normalized spacial score (nSPS) is 14.9. The van der Waals surface area contributed by atoms with Crippen molar-refractivity contribution in [3.8, 4) is 11.5 Å². The van der Waals surface area contributed by atoms with Crippen molar-refractivity contribution >= 4 is 0 Å². The lowest BCUT2D eigenvalue weighted by Gasteiger charge is -2.32. The monoisotopic (exact) mass is 430 g/mol. The second-order valence-electron chi connectivity index (χ2n) is 8.68. The van der Waals surface area contributed by atoms with Crippen LogP contribution < -0.4 is 14.8 Å². The Balaban J connectivity index is 1.24. The minimum Gasteiger partial charge on any atom is -0.493 e.